The fraction of sp³-hybridized carbons (Fsp3) is 0.167. The van der Waals surface area contributed by atoms with E-state index in [2.05, 4.69) is 10.0 Å². The molecule has 1 saturated heterocycles. The number of nitrogens with zero attached hydrogens (tertiary/aromatic N) is 1. The van der Waals surface area contributed by atoms with Gasteiger partial charge in [0.2, 0.25) is 5.91 Å². The lowest BCUT2D eigenvalue weighted by Crippen LogP contribution is -2.23. The van der Waals surface area contributed by atoms with Crippen LogP contribution in [0, 0.1) is 0 Å². The molecule has 0 aliphatic carbocycles. The van der Waals surface area contributed by atoms with E-state index in [4.69, 9.17) is 4.74 Å². The number of methoxy groups -OCH3 is 1. The lowest BCUT2D eigenvalue weighted by atomic mass is 10.1. The van der Waals surface area contributed by atoms with Gasteiger partial charge in [-0.3, -0.25) is 14.3 Å². The van der Waals surface area contributed by atoms with Crippen LogP contribution in [0.25, 0.3) is 0 Å². The molecule has 0 bridgehead atoms. The second-order valence-electron chi connectivity index (χ2n) is 7.45. The van der Waals surface area contributed by atoms with E-state index < -0.39 is 15.9 Å². The number of benzene rings is 3. The van der Waals surface area contributed by atoms with E-state index in [1.807, 2.05) is 0 Å². The summed E-state index contributed by atoms with van der Waals surface area (Å²) in [4.78, 5) is 26.5. The average Bonchev–Trinajstić information content (AvgIpc) is 3.25. The minimum absolute atomic E-state index is 0.0258. The molecule has 2 N–H and O–H groups in total. The van der Waals surface area contributed by atoms with Gasteiger partial charge in [0.1, 0.15) is 5.75 Å². The number of anilines is 3. The van der Waals surface area contributed by atoms with Gasteiger partial charge < -0.3 is 15.0 Å². The van der Waals surface area contributed by atoms with Crippen molar-refractivity contribution >= 4 is 38.9 Å². The molecule has 3 aromatic carbocycles. The van der Waals surface area contributed by atoms with E-state index >= 15 is 0 Å². The van der Waals surface area contributed by atoms with Crippen LogP contribution >= 0.6 is 0 Å². The molecule has 3 aromatic rings. The Hall–Kier alpha value is -3.85. The van der Waals surface area contributed by atoms with E-state index in [0.29, 0.717) is 30.1 Å². The zero-order valence-corrected chi connectivity index (χ0v) is 18.8. The standard InChI is InChI=1S/C24H23N3O5S/c1-32-22-10-5-4-9-21(22)25-24(29)19-7-2-3-8-20(19)26-33(30,31)18-14-12-17(13-15-18)27-16-6-11-23(27)28/h2-5,7-10,12-15,26H,6,11,16H2,1H3,(H,25,29). The summed E-state index contributed by atoms with van der Waals surface area (Å²) < 4.78 is 33.7. The number of ether oxygens (including phenoxy) is 1. The number of carbonyl (C=O) groups excluding carboxylic acids is 2. The van der Waals surface area contributed by atoms with Gasteiger partial charge in [0, 0.05) is 18.7 Å². The quantitative estimate of drug-likeness (QED) is 0.551. The van der Waals surface area contributed by atoms with Crippen LogP contribution in [0.1, 0.15) is 23.2 Å². The molecule has 0 unspecified atom stereocenters. The monoisotopic (exact) mass is 465 g/mol. The van der Waals surface area contributed by atoms with Crippen LogP contribution < -0.4 is 19.7 Å². The molecule has 8 nitrogen and oxygen atoms in total. The molecule has 2 amide bonds. The number of nitrogens with one attached hydrogen (secondary N) is 2. The predicted molar refractivity (Wildman–Crippen MR) is 126 cm³/mol. The number of hydrogen-bond donors (Lipinski definition) is 2. The van der Waals surface area contributed by atoms with E-state index in [0.717, 1.165) is 6.42 Å². The average molecular weight is 466 g/mol. The van der Waals surface area contributed by atoms with Crippen molar-refractivity contribution in [3.8, 4) is 5.75 Å². The molecule has 0 aromatic heterocycles. The molecular formula is C24H23N3O5S. The summed E-state index contributed by atoms with van der Waals surface area (Å²) in [5, 5.41) is 2.75. The van der Waals surface area contributed by atoms with Gasteiger partial charge in [-0.1, -0.05) is 24.3 Å². The smallest absolute Gasteiger partial charge is 0.261 e. The Morgan fingerprint density at radius 2 is 1.61 bits per heavy atom. The number of para-hydroxylation sites is 3. The molecule has 4 rings (SSSR count). The van der Waals surface area contributed by atoms with Crippen molar-refractivity contribution in [2.45, 2.75) is 17.7 Å². The highest BCUT2D eigenvalue weighted by molar-refractivity contribution is 7.92. The second-order valence-corrected chi connectivity index (χ2v) is 9.13. The topological polar surface area (TPSA) is 105 Å². The lowest BCUT2D eigenvalue weighted by Gasteiger charge is -2.17. The predicted octanol–water partition coefficient (Wildman–Crippen LogP) is 3.88. The normalized spacial score (nSPS) is 13.6. The Labute approximate surface area is 192 Å². The maximum absolute atomic E-state index is 13.0. The van der Waals surface area contributed by atoms with Crippen molar-refractivity contribution in [3.63, 3.8) is 0 Å². The Kier molecular flexibility index (Phi) is 6.32. The van der Waals surface area contributed by atoms with E-state index in [9.17, 15) is 18.0 Å². The summed E-state index contributed by atoms with van der Waals surface area (Å²) in [6.45, 7) is 0.623. The van der Waals surface area contributed by atoms with Crippen LogP contribution in [0.15, 0.2) is 77.7 Å². The lowest BCUT2D eigenvalue weighted by molar-refractivity contribution is -0.117. The maximum Gasteiger partial charge on any atom is 0.261 e. The Morgan fingerprint density at radius 3 is 2.27 bits per heavy atom. The van der Waals surface area contributed by atoms with Crippen molar-refractivity contribution in [1.29, 1.82) is 0 Å². The summed E-state index contributed by atoms with van der Waals surface area (Å²) in [5.74, 6) is 0.0277. The molecular weight excluding hydrogens is 442 g/mol. The number of rotatable bonds is 7. The molecule has 1 heterocycles. The van der Waals surface area contributed by atoms with Gasteiger partial charge in [0.15, 0.2) is 0 Å². The molecule has 0 spiro atoms. The van der Waals surface area contributed by atoms with Crippen LogP contribution in [0.3, 0.4) is 0 Å². The van der Waals surface area contributed by atoms with Crippen molar-refractivity contribution in [2.75, 3.05) is 28.6 Å². The number of amides is 2. The van der Waals surface area contributed by atoms with Crippen LogP contribution in [-0.2, 0) is 14.8 Å². The SMILES string of the molecule is COc1ccccc1NC(=O)c1ccccc1NS(=O)(=O)c1ccc(N2CCCC2=O)cc1. The van der Waals surface area contributed by atoms with E-state index in [1.165, 1.54) is 31.4 Å². The summed E-state index contributed by atoms with van der Waals surface area (Å²) in [6, 6.07) is 19.4. The first-order valence-electron chi connectivity index (χ1n) is 10.4. The van der Waals surface area contributed by atoms with Gasteiger partial charge in [-0.15, -0.1) is 0 Å². The molecule has 0 saturated carbocycles. The van der Waals surface area contributed by atoms with Crippen molar-refractivity contribution in [2.24, 2.45) is 0 Å². The van der Waals surface area contributed by atoms with Crippen molar-refractivity contribution < 1.29 is 22.7 Å². The first-order valence-corrected chi connectivity index (χ1v) is 11.8. The Morgan fingerprint density at radius 1 is 0.939 bits per heavy atom. The first-order chi connectivity index (χ1) is 15.9. The third kappa shape index (κ3) is 4.83. The zero-order valence-electron chi connectivity index (χ0n) is 17.9. The van der Waals surface area contributed by atoms with Crippen molar-refractivity contribution in [3.05, 3.63) is 78.4 Å². The number of hydrogen-bond acceptors (Lipinski definition) is 5. The first kappa shape index (κ1) is 22.3. The minimum atomic E-state index is -3.97. The third-order valence-corrected chi connectivity index (χ3v) is 6.68. The fourth-order valence-corrected chi connectivity index (χ4v) is 4.72. The van der Waals surface area contributed by atoms with E-state index in [1.54, 1.807) is 53.4 Å². The maximum atomic E-state index is 13.0. The summed E-state index contributed by atoms with van der Waals surface area (Å²) in [7, 11) is -2.47. The highest BCUT2D eigenvalue weighted by atomic mass is 32.2. The van der Waals surface area contributed by atoms with Gasteiger partial charge in [-0.25, -0.2) is 8.42 Å². The highest BCUT2D eigenvalue weighted by Gasteiger charge is 2.23. The molecule has 33 heavy (non-hydrogen) atoms. The van der Waals surface area contributed by atoms with Crippen LogP contribution in [0.4, 0.5) is 17.1 Å². The summed E-state index contributed by atoms with van der Waals surface area (Å²) in [5.41, 5.74) is 1.43. The molecule has 170 valence electrons. The van der Waals surface area contributed by atoms with Crippen LogP contribution in [0.2, 0.25) is 0 Å². The highest BCUT2D eigenvalue weighted by Crippen LogP contribution is 2.27. The largest absolute Gasteiger partial charge is 0.495 e. The third-order valence-electron chi connectivity index (χ3n) is 5.30. The van der Waals surface area contributed by atoms with Gasteiger partial charge in [0.25, 0.3) is 15.9 Å². The molecule has 0 radical (unpaired) electrons. The molecule has 0 atom stereocenters. The summed E-state index contributed by atoms with van der Waals surface area (Å²) >= 11 is 0. The zero-order chi connectivity index (χ0) is 23.4. The minimum Gasteiger partial charge on any atom is -0.495 e. The summed E-state index contributed by atoms with van der Waals surface area (Å²) in [6.07, 6.45) is 1.28. The second kappa shape index (κ2) is 9.33. The van der Waals surface area contributed by atoms with Gasteiger partial charge >= 0.3 is 0 Å². The van der Waals surface area contributed by atoms with E-state index in [-0.39, 0.29) is 22.1 Å². The van der Waals surface area contributed by atoms with Crippen LogP contribution in [-0.4, -0.2) is 33.9 Å². The molecule has 1 fully saturated rings. The Balaban J connectivity index is 1.55. The Bertz CT molecular complexity index is 1290. The van der Waals surface area contributed by atoms with Crippen LogP contribution in [0.5, 0.6) is 5.75 Å². The van der Waals surface area contributed by atoms with Crippen molar-refractivity contribution in [1.82, 2.24) is 0 Å². The number of carbonyl (C=O) groups is 2. The molecule has 1 aliphatic heterocycles. The molecule has 9 heteroatoms. The fourth-order valence-electron chi connectivity index (χ4n) is 3.64. The van der Waals surface area contributed by atoms with Gasteiger partial charge in [-0.05, 0) is 55.0 Å². The molecule has 1 aliphatic rings. The van der Waals surface area contributed by atoms with Gasteiger partial charge in [0.05, 0.1) is 28.9 Å². The van der Waals surface area contributed by atoms with Gasteiger partial charge in [-0.2, -0.15) is 0 Å². The number of sulfonamides is 1.